The highest BCUT2D eigenvalue weighted by atomic mass is 19.2. The zero-order valence-electron chi connectivity index (χ0n) is 13.6. The van der Waals surface area contributed by atoms with E-state index >= 15 is 0 Å². The standard InChI is InChI=1S/C17H21F2N3O2/c1-8(21-17(24)22-16-5-11(16)9(2)23)3-10-7-20-15-6-14(19)13(18)4-12(10)15/h4,6-9,11,16,20,23H,3,5H2,1-2H3,(H2,21,22,24)/t8?,9?,11-,16+/m0/s1. The number of H-pyrrole nitrogens is 1. The maximum atomic E-state index is 13.4. The Hall–Kier alpha value is -2.15. The number of halogens is 2. The van der Waals surface area contributed by atoms with E-state index in [0.717, 1.165) is 18.1 Å². The predicted octanol–water partition coefficient (Wildman–Crippen LogP) is 2.45. The number of fused-ring (bicyclic) bond motifs is 1. The summed E-state index contributed by atoms with van der Waals surface area (Å²) in [6.45, 7) is 3.56. The lowest BCUT2D eigenvalue weighted by molar-refractivity contribution is 0.166. The summed E-state index contributed by atoms with van der Waals surface area (Å²) in [5.74, 6) is -1.66. The Labute approximate surface area is 138 Å². The molecule has 1 aromatic heterocycles. The second-order valence-electron chi connectivity index (χ2n) is 6.60. The van der Waals surface area contributed by atoms with Crippen LogP contribution < -0.4 is 10.6 Å². The molecule has 1 aliphatic carbocycles. The summed E-state index contributed by atoms with van der Waals surface area (Å²) >= 11 is 0. The third kappa shape index (κ3) is 3.51. The van der Waals surface area contributed by atoms with E-state index in [2.05, 4.69) is 15.6 Å². The SMILES string of the molecule is CC(Cc1c[nH]c2cc(F)c(F)cc12)NC(=O)N[C@@H]1C[C@H]1C(C)O. The first kappa shape index (κ1) is 16.7. The number of carbonyl (C=O) groups excluding carboxylic acids is 1. The van der Waals surface area contributed by atoms with E-state index < -0.39 is 17.7 Å². The number of hydrogen-bond acceptors (Lipinski definition) is 2. The quantitative estimate of drug-likeness (QED) is 0.676. The number of aliphatic hydroxyl groups is 1. The van der Waals surface area contributed by atoms with Crippen LogP contribution in [0, 0.1) is 17.6 Å². The van der Waals surface area contributed by atoms with Gasteiger partial charge in [0, 0.05) is 41.2 Å². The number of hydrogen-bond donors (Lipinski definition) is 4. The zero-order valence-corrected chi connectivity index (χ0v) is 13.6. The summed E-state index contributed by atoms with van der Waals surface area (Å²) in [6.07, 6.45) is 2.55. The number of benzene rings is 1. The van der Waals surface area contributed by atoms with Gasteiger partial charge in [0.15, 0.2) is 11.6 Å². The van der Waals surface area contributed by atoms with Crippen molar-refractivity contribution in [3.8, 4) is 0 Å². The van der Waals surface area contributed by atoms with E-state index in [1.165, 1.54) is 6.07 Å². The van der Waals surface area contributed by atoms with Crippen LogP contribution in [0.15, 0.2) is 18.3 Å². The van der Waals surface area contributed by atoms with Crippen LogP contribution >= 0.6 is 0 Å². The molecule has 3 rings (SSSR count). The van der Waals surface area contributed by atoms with Gasteiger partial charge in [-0.05, 0) is 38.3 Å². The molecule has 0 bridgehead atoms. The Morgan fingerprint density at radius 3 is 2.75 bits per heavy atom. The molecule has 2 aromatic rings. The monoisotopic (exact) mass is 337 g/mol. The number of urea groups is 1. The van der Waals surface area contributed by atoms with Gasteiger partial charge in [-0.1, -0.05) is 0 Å². The minimum absolute atomic E-state index is 0.0161. The van der Waals surface area contributed by atoms with Crippen LogP contribution in [0.5, 0.6) is 0 Å². The van der Waals surface area contributed by atoms with E-state index in [1.54, 1.807) is 13.1 Å². The molecule has 5 nitrogen and oxygen atoms in total. The molecule has 0 saturated heterocycles. The average Bonchev–Trinajstić information content (AvgIpc) is 3.16. The molecule has 2 amide bonds. The lowest BCUT2D eigenvalue weighted by atomic mass is 10.1. The van der Waals surface area contributed by atoms with E-state index in [1.807, 2.05) is 6.92 Å². The number of aromatic amines is 1. The van der Waals surface area contributed by atoms with E-state index in [9.17, 15) is 18.7 Å². The van der Waals surface area contributed by atoms with Gasteiger partial charge >= 0.3 is 6.03 Å². The predicted molar refractivity (Wildman–Crippen MR) is 86.6 cm³/mol. The first-order valence-electron chi connectivity index (χ1n) is 8.05. The molecule has 1 saturated carbocycles. The molecule has 1 aliphatic rings. The smallest absolute Gasteiger partial charge is 0.315 e. The van der Waals surface area contributed by atoms with Gasteiger partial charge in [0.2, 0.25) is 0 Å². The second-order valence-corrected chi connectivity index (χ2v) is 6.60. The first-order valence-corrected chi connectivity index (χ1v) is 8.05. The molecule has 1 fully saturated rings. The number of rotatable bonds is 5. The molecular weight excluding hydrogens is 316 g/mol. The van der Waals surface area contributed by atoms with Crippen molar-refractivity contribution in [3.05, 3.63) is 35.5 Å². The number of aliphatic hydroxyl groups excluding tert-OH is 1. The van der Waals surface area contributed by atoms with Gasteiger partial charge in [0.1, 0.15) is 0 Å². The van der Waals surface area contributed by atoms with Crippen molar-refractivity contribution in [2.75, 3.05) is 0 Å². The van der Waals surface area contributed by atoms with Crippen LogP contribution in [0.1, 0.15) is 25.8 Å². The van der Waals surface area contributed by atoms with Crippen LogP contribution in [0.4, 0.5) is 13.6 Å². The Kier molecular flexibility index (Phi) is 4.45. The van der Waals surface area contributed by atoms with Crippen LogP contribution in [0.25, 0.3) is 10.9 Å². The summed E-state index contributed by atoms with van der Waals surface area (Å²) in [6, 6.07) is 1.85. The third-order valence-corrected chi connectivity index (χ3v) is 4.49. The second kappa shape index (κ2) is 6.39. The van der Waals surface area contributed by atoms with E-state index in [4.69, 9.17) is 0 Å². The van der Waals surface area contributed by atoms with Crippen molar-refractivity contribution in [1.82, 2.24) is 15.6 Å². The average molecular weight is 337 g/mol. The normalized spacial score (nSPS) is 22.2. The van der Waals surface area contributed by atoms with Crippen molar-refractivity contribution < 1.29 is 18.7 Å². The molecule has 2 unspecified atom stereocenters. The highest BCUT2D eigenvalue weighted by Gasteiger charge is 2.41. The zero-order chi connectivity index (χ0) is 17.4. The molecule has 1 heterocycles. The Morgan fingerprint density at radius 2 is 2.08 bits per heavy atom. The molecule has 4 atom stereocenters. The Morgan fingerprint density at radius 1 is 1.38 bits per heavy atom. The summed E-state index contributed by atoms with van der Waals surface area (Å²) in [4.78, 5) is 14.9. The molecule has 7 heteroatoms. The number of nitrogens with one attached hydrogen (secondary N) is 3. The van der Waals surface area contributed by atoms with Gasteiger partial charge in [-0.2, -0.15) is 0 Å². The molecule has 0 aliphatic heterocycles. The summed E-state index contributed by atoms with van der Waals surface area (Å²) in [5, 5.41) is 15.7. The van der Waals surface area contributed by atoms with Crippen molar-refractivity contribution in [1.29, 1.82) is 0 Å². The highest BCUT2D eigenvalue weighted by Crippen LogP contribution is 2.33. The van der Waals surface area contributed by atoms with Crippen molar-refractivity contribution in [2.45, 2.75) is 44.9 Å². The van der Waals surface area contributed by atoms with Gasteiger partial charge in [-0.15, -0.1) is 0 Å². The lowest BCUT2D eigenvalue weighted by Gasteiger charge is -2.14. The van der Waals surface area contributed by atoms with E-state index in [-0.39, 0.29) is 24.0 Å². The third-order valence-electron chi connectivity index (χ3n) is 4.49. The Balaban J connectivity index is 1.58. The maximum absolute atomic E-state index is 13.4. The molecular formula is C17H21F2N3O2. The van der Waals surface area contributed by atoms with Crippen molar-refractivity contribution >= 4 is 16.9 Å². The molecule has 1 aromatic carbocycles. The number of amides is 2. The van der Waals surface area contributed by atoms with Crippen molar-refractivity contribution in [2.24, 2.45) is 5.92 Å². The topological polar surface area (TPSA) is 77.2 Å². The largest absolute Gasteiger partial charge is 0.393 e. The number of carbonyl (C=O) groups is 1. The summed E-state index contributed by atoms with van der Waals surface area (Å²) < 4.78 is 26.6. The van der Waals surface area contributed by atoms with Crippen LogP contribution in [-0.4, -0.2) is 34.3 Å². The van der Waals surface area contributed by atoms with Crippen LogP contribution in [0.2, 0.25) is 0 Å². The fourth-order valence-electron chi connectivity index (χ4n) is 3.07. The van der Waals surface area contributed by atoms with Gasteiger partial charge in [-0.3, -0.25) is 0 Å². The molecule has 24 heavy (non-hydrogen) atoms. The first-order chi connectivity index (χ1) is 11.3. The molecule has 0 radical (unpaired) electrons. The molecule has 130 valence electrons. The number of aromatic nitrogens is 1. The van der Waals surface area contributed by atoms with Crippen LogP contribution in [0.3, 0.4) is 0 Å². The summed E-state index contributed by atoms with van der Waals surface area (Å²) in [5.41, 5.74) is 1.34. The molecule has 0 spiro atoms. The minimum Gasteiger partial charge on any atom is -0.393 e. The van der Waals surface area contributed by atoms with Gasteiger partial charge < -0.3 is 20.7 Å². The van der Waals surface area contributed by atoms with Crippen LogP contribution in [-0.2, 0) is 6.42 Å². The maximum Gasteiger partial charge on any atom is 0.315 e. The lowest BCUT2D eigenvalue weighted by Crippen LogP contribution is -2.43. The van der Waals surface area contributed by atoms with Crippen molar-refractivity contribution in [3.63, 3.8) is 0 Å². The van der Waals surface area contributed by atoms with Gasteiger partial charge in [0.05, 0.1) is 6.10 Å². The minimum atomic E-state index is -0.890. The summed E-state index contributed by atoms with van der Waals surface area (Å²) in [7, 11) is 0. The van der Waals surface area contributed by atoms with Gasteiger partial charge in [-0.25, -0.2) is 13.6 Å². The van der Waals surface area contributed by atoms with E-state index in [0.29, 0.717) is 17.3 Å². The highest BCUT2D eigenvalue weighted by molar-refractivity contribution is 5.83. The fourth-order valence-corrected chi connectivity index (χ4v) is 3.07. The Bertz CT molecular complexity index is 760. The van der Waals surface area contributed by atoms with Gasteiger partial charge in [0.25, 0.3) is 0 Å². The molecule has 4 N–H and O–H groups in total. The fraction of sp³-hybridized carbons (Fsp3) is 0.471.